The number of nitrogens with zero attached hydrogens (tertiary/aromatic N) is 1. The van der Waals surface area contributed by atoms with Gasteiger partial charge in [0.15, 0.2) is 0 Å². The Balaban J connectivity index is 2.57. The highest BCUT2D eigenvalue weighted by Gasteiger charge is 2.35. The molecule has 1 aliphatic heterocycles. The number of rotatable bonds is 3. The SMILES string of the molecule is CNCCC1C(=O)NC(C)(C)CN1C. The maximum Gasteiger partial charge on any atom is 0.237 e. The van der Waals surface area contributed by atoms with Crippen LogP contribution in [-0.4, -0.2) is 49.6 Å². The van der Waals surface area contributed by atoms with Gasteiger partial charge in [-0.3, -0.25) is 9.69 Å². The first kappa shape index (κ1) is 11.5. The molecule has 0 spiro atoms. The van der Waals surface area contributed by atoms with Crippen LogP contribution in [0.1, 0.15) is 20.3 Å². The predicted molar refractivity (Wildman–Crippen MR) is 57.2 cm³/mol. The lowest BCUT2D eigenvalue weighted by Gasteiger charge is -2.41. The Hall–Kier alpha value is -0.610. The summed E-state index contributed by atoms with van der Waals surface area (Å²) in [6.45, 7) is 5.89. The minimum Gasteiger partial charge on any atom is -0.349 e. The maximum atomic E-state index is 11.7. The van der Waals surface area contributed by atoms with Gasteiger partial charge in [-0.05, 0) is 40.9 Å². The molecule has 1 saturated heterocycles. The first-order chi connectivity index (χ1) is 6.46. The number of nitrogens with one attached hydrogen (secondary N) is 2. The molecule has 0 aromatic rings. The summed E-state index contributed by atoms with van der Waals surface area (Å²) in [5, 5.41) is 6.11. The van der Waals surface area contributed by atoms with Crippen LogP contribution >= 0.6 is 0 Å². The number of carbonyl (C=O) groups excluding carboxylic acids is 1. The van der Waals surface area contributed by atoms with Gasteiger partial charge in [0.2, 0.25) is 5.91 Å². The number of carbonyl (C=O) groups is 1. The lowest BCUT2D eigenvalue weighted by atomic mass is 9.97. The molecule has 4 heteroatoms. The molecule has 1 rings (SSSR count). The summed E-state index contributed by atoms with van der Waals surface area (Å²) >= 11 is 0. The van der Waals surface area contributed by atoms with Crippen molar-refractivity contribution in [3.8, 4) is 0 Å². The van der Waals surface area contributed by atoms with Gasteiger partial charge in [-0.25, -0.2) is 0 Å². The van der Waals surface area contributed by atoms with Crippen LogP contribution in [0.5, 0.6) is 0 Å². The molecule has 14 heavy (non-hydrogen) atoms. The summed E-state index contributed by atoms with van der Waals surface area (Å²) in [4.78, 5) is 13.9. The fraction of sp³-hybridized carbons (Fsp3) is 0.900. The van der Waals surface area contributed by atoms with Crippen molar-refractivity contribution in [3.63, 3.8) is 0 Å². The zero-order valence-corrected chi connectivity index (χ0v) is 9.55. The molecule has 0 saturated carbocycles. The number of amides is 1. The van der Waals surface area contributed by atoms with E-state index in [0.717, 1.165) is 19.5 Å². The fourth-order valence-electron chi connectivity index (χ4n) is 2.02. The van der Waals surface area contributed by atoms with Gasteiger partial charge < -0.3 is 10.6 Å². The van der Waals surface area contributed by atoms with E-state index in [1.807, 2.05) is 14.1 Å². The highest BCUT2D eigenvalue weighted by atomic mass is 16.2. The van der Waals surface area contributed by atoms with Crippen molar-refractivity contribution in [2.45, 2.75) is 31.8 Å². The predicted octanol–water partition coefficient (Wildman–Crippen LogP) is -0.195. The second kappa shape index (κ2) is 4.28. The normalized spacial score (nSPS) is 27.4. The van der Waals surface area contributed by atoms with Crippen LogP contribution in [0.3, 0.4) is 0 Å². The van der Waals surface area contributed by atoms with Crippen molar-refractivity contribution in [2.24, 2.45) is 0 Å². The Morgan fingerprint density at radius 3 is 2.79 bits per heavy atom. The molecule has 1 heterocycles. The summed E-state index contributed by atoms with van der Waals surface area (Å²) in [7, 11) is 3.92. The van der Waals surface area contributed by atoms with E-state index in [1.54, 1.807) is 0 Å². The molecular formula is C10H21N3O. The monoisotopic (exact) mass is 199 g/mol. The van der Waals surface area contributed by atoms with Gasteiger partial charge in [0.25, 0.3) is 0 Å². The van der Waals surface area contributed by atoms with Crippen LogP contribution in [0, 0.1) is 0 Å². The first-order valence-corrected chi connectivity index (χ1v) is 5.13. The first-order valence-electron chi connectivity index (χ1n) is 5.13. The van der Waals surface area contributed by atoms with Gasteiger partial charge in [-0.1, -0.05) is 0 Å². The van der Waals surface area contributed by atoms with Crippen LogP contribution in [0.4, 0.5) is 0 Å². The van der Waals surface area contributed by atoms with E-state index in [9.17, 15) is 4.79 Å². The van der Waals surface area contributed by atoms with Crippen LogP contribution in [-0.2, 0) is 4.79 Å². The molecule has 0 radical (unpaired) electrons. The van der Waals surface area contributed by atoms with E-state index in [2.05, 4.69) is 29.4 Å². The lowest BCUT2D eigenvalue weighted by Crippen LogP contribution is -2.63. The van der Waals surface area contributed by atoms with Crippen LogP contribution < -0.4 is 10.6 Å². The fourth-order valence-corrected chi connectivity index (χ4v) is 2.02. The topological polar surface area (TPSA) is 44.4 Å². The number of hydrogen-bond donors (Lipinski definition) is 2. The maximum absolute atomic E-state index is 11.7. The average molecular weight is 199 g/mol. The molecule has 82 valence electrons. The molecule has 4 nitrogen and oxygen atoms in total. The summed E-state index contributed by atoms with van der Waals surface area (Å²) in [5.41, 5.74) is -0.0953. The van der Waals surface area contributed by atoms with Gasteiger partial charge in [-0.2, -0.15) is 0 Å². The van der Waals surface area contributed by atoms with Crippen molar-refractivity contribution in [1.29, 1.82) is 0 Å². The molecule has 2 N–H and O–H groups in total. The minimum atomic E-state index is -0.0953. The molecule has 1 unspecified atom stereocenters. The Kier molecular flexibility index (Phi) is 3.50. The van der Waals surface area contributed by atoms with Crippen LogP contribution in [0.25, 0.3) is 0 Å². The third kappa shape index (κ3) is 2.69. The van der Waals surface area contributed by atoms with E-state index >= 15 is 0 Å². The molecule has 1 aliphatic rings. The molecule has 1 amide bonds. The Morgan fingerprint density at radius 1 is 1.64 bits per heavy atom. The van der Waals surface area contributed by atoms with Crippen LogP contribution in [0.2, 0.25) is 0 Å². The largest absolute Gasteiger partial charge is 0.349 e. The quantitative estimate of drug-likeness (QED) is 0.662. The zero-order chi connectivity index (χ0) is 10.8. The third-order valence-corrected chi connectivity index (χ3v) is 2.61. The Labute approximate surface area is 86.0 Å². The van der Waals surface area contributed by atoms with Crippen molar-refractivity contribution in [1.82, 2.24) is 15.5 Å². The molecule has 1 fully saturated rings. The van der Waals surface area contributed by atoms with Crippen molar-refractivity contribution in [3.05, 3.63) is 0 Å². The number of likely N-dealkylation sites (N-methyl/N-ethyl adjacent to an activating group) is 1. The van der Waals surface area contributed by atoms with Gasteiger partial charge in [-0.15, -0.1) is 0 Å². The zero-order valence-electron chi connectivity index (χ0n) is 9.55. The molecule has 1 atom stereocenters. The smallest absolute Gasteiger partial charge is 0.237 e. The Morgan fingerprint density at radius 2 is 2.29 bits per heavy atom. The van der Waals surface area contributed by atoms with E-state index < -0.39 is 0 Å². The average Bonchev–Trinajstić information content (AvgIpc) is 2.00. The van der Waals surface area contributed by atoms with E-state index in [4.69, 9.17) is 0 Å². The molecule has 0 bridgehead atoms. The number of piperazine rings is 1. The van der Waals surface area contributed by atoms with Crippen molar-refractivity contribution in [2.75, 3.05) is 27.2 Å². The summed E-state index contributed by atoms with van der Waals surface area (Å²) in [5.74, 6) is 0.152. The second-order valence-electron chi connectivity index (χ2n) is 4.70. The van der Waals surface area contributed by atoms with Crippen LogP contribution in [0.15, 0.2) is 0 Å². The summed E-state index contributed by atoms with van der Waals surface area (Å²) < 4.78 is 0. The van der Waals surface area contributed by atoms with Gasteiger partial charge in [0.05, 0.1) is 6.04 Å². The molecule has 0 aromatic carbocycles. The van der Waals surface area contributed by atoms with E-state index in [-0.39, 0.29) is 17.5 Å². The van der Waals surface area contributed by atoms with Crippen molar-refractivity contribution >= 4 is 5.91 Å². The molecule has 0 aromatic heterocycles. The Bertz CT molecular complexity index is 215. The highest BCUT2D eigenvalue weighted by Crippen LogP contribution is 2.15. The van der Waals surface area contributed by atoms with E-state index in [0.29, 0.717) is 0 Å². The number of hydrogen-bond acceptors (Lipinski definition) is 3. The van der Waals surface area contributed by atoms with Crippen molar-refractivity contribution < 1.29 is 4.79 Å². The summed E-state index contributed by atoms with van der Waals surface area (Å²) in [6, 6.07) is 0.0236. The van der Waals surface area contributed by atoms with Gasteiger partial charge in [0, 0.05) is 12.1 Å². The summed E-state index contributed by atoms with van der Waals surface area (Å²) in [6.07, 6.45) is 0.870. The van der Waals surface area contributed by atoms with E-state index in [1.165, 1.54) is 0 Å². The molecular weight excluding hydrogens is 178 g/mol. The minimum absolute atomic E-state index is 0.0236. The molecule has 0 aliphatic carbocycles. The lowest BCUT2D eigenvalue weighted by molar-refractivity contribution is -0.132. The van der Waals surface area contributed by atoms with Gasteiger partial charge in [0.1, 0.15) is 0 Å². The second-order valence-corrected chi connectivity index (χ2v) is 4.70. The van der Waals surface area contributed by atoms with Gasteiger partial charge >= 0.3 is 0 Å². The highest BCUT2D eigenvalue weighted by molar-refractivity contribution is 5.83. The standard InChI is InChI=1S/C10H21N3O/c1-10(2)7-13(4)8(5-6-11-3)9(14)12-10/h8,11H,5-7H2,1-4H3,(H,12,14). The third-order valence-electron chi connectivity index (χ3n) is 2.61.